The standard InChI is InChI=1S/C17H19BrO2/c1-12-5-3-4-6-16(12)14(11-19)9-13-10-15(20-2)7-8-17(13)18/h3-8,10,14,19H,9,11H2,1-2H3. The lowest BCUT2D eigenvalue weighted by molar-refractivity contribution is 0.264. The Bertz CT molecular complexity index is 581. The summed E-state index contributed by atoms with van der Waals surface area (Å²) in [5, 5.41) is 9.74. The molecule has 106 valence electrons. The second-order valence-corrected chi connectivity index (χ2v) is 5.75. The third-order valence-electron chi connectivity index (χ3n) is 3.57. The molecule has 0 aromatic heterocycles. The van der Waals surface area contributed by atoms with E-state index in [2.05, 4.69) is 35.0 Å². The van der Waals surface area contributed by atoms with Crippen LogP contribution in [0, 0.1) is 6.92 Å². The highest BCUT2D eigenvalue weighted by Gasteiger charge is 2.15. The molecule has 0 spiro atoms. The van der Waals surface area contributed by atoms with Crippen LogP contribution in [-0.4, -0.2) is 18.8 Å². The van der Waals surface area contributed by atoms with Crippen LogP contribution in [0.5, 0.6) is 5.75 Å². The highest BCUT2D eigenvalue weighted by atomic mass is 79.9. The minimum Gasteiger partial charge on any atom is -0.497 e. The fraction of sp³-hybridized carbons (Fsp3) is 0.294. The molecule has 0 radical (unpaired) electrons. The van der Waals surface area contributed by atoms with Crippen molar-refractivity contribution in [1.82, 2.24) is 0 Å². The molecule has 3 heteroatoms. The molecule has 0 aliphatic carbocycles. The molecule has 0 aliphatic rings. The van der Waals surface area contributed by atoms with Gasteiger partial charge in [0.1, 0.15) is 5.75 Å². The first kappa shape index (κ1) is 15.1. The smallest absolute Gasteiger partial charge is 0.119 e. The van der Waals surface area contributed by atoms with Crippen molar-refractivity contribution in [2.75, 3.05) is 13.7 Å². The maximum atomic E-state index is 9.74. The first-order valence-corrected chi connectivity index (χ1v) is 7.43. The van der Waals surface area contributed by atoms with Crippen molar-refractivity contribution in [2.45, 2.75) is 19.3 Å². The lowest BCUT2D eigenvalue weighted by Crippen LogP contribution is -2.10. The Morgan fingerprint density at radius 3 is 2.60 bits per heavy atom. The average molecular weight is 335 g/mol. The molecule has 2 aromatic carbocycles. The van der Waals surface area contributed by atoms with Gasteiger partial charge in [-0.1, -0.05) is 40.2 Å². The zero-order valence-electron chi connectivity index (χ0n) is 11.8. The number of halogens is 1. The predicted octanol–water partition coefficient (Wildman–Crippen LogP) is 4.08. The van der Waals surface area contributed by atoms with Crippen LogP contribution in [0.2, 0.25) is 0 Å². The SMILES string of the molecule is COc1ccc(Br)c(CC(CO)c2ccccc2C)c1. The number of aryl methyl sites for hydroxylation is 1. The van der Waals surface area contributed by atoms with Crippen LogP contribution in [0.1, 0.15) is 22.6 Å². The van der Waals surface area contributed by atoms with Crippen LogP contribution in [-0.2, 0) is 6.42 Å². The Labute approximate surface area is 128 Å². The minimum absolute atomic E-state index is 0.0969. The maximum absolute atomic E-state index is 9.74. The van der Waals surface area contributed by atoms with Crippen molar-refractivity contribution in [2.24, 2.45) is 0 Å². The van der Waals surface area contributed by atoms with E-state index < -0.39 is 0 Å². The Morgan fingerprint density at radius 2 is 1.95 bits per heavy atom. The molecular weight excluding hydrogens is 316 g/mol. The summed E-state index contributed by atoms with van der Waals surface area (Å²) in [7, 11) is 1.66. The normalized spacial score (nSPS) is 12.2. The van der Waals surface area contributed by atoms with Gasteiger partial charge in [0, 0.05) is 10.4 Å². The van der Waals surface area contributed by atoms with Crippen molar-refractivity contribution < 1.29 is 9.84 Å². The monoisotopic (exact) mass is 334 g/mol. The molecule has 2 aromatic rings. The van der Waals surface area contributed by atoms with Gasteiger partial charge in [0.15, 0.2) is 0 Å². The summed E-state index contributed by atoms with van der Waals surface area (Å²) in [6.45, 7) is 2.22. The van der Waals surface area contributed by atoms with Gasteiger partial charge in [-0.15, -0.1) is 0 Å². The summed E-state index contributed by atoms with van der Waals surface area (Å²) < 4.78 is 6.32. The van der Waals surface area contributed by atoms with E-state index >= 15 is 0 Å². The molecule has 0 fully saturated rings. The predicted molar refractivity (Wildman–Crippen MR) is 85.4 cm³/mol. The first-order chi connectivity index (χ1) is 9.65. The Balaban J connectivity index is 2.29. The van der Waals surface area contributed by atoms with Crippen LogP contribution >= 0.6 is 15.9 Å². The van der Waals surface area contributed by atoms with E-state index in [4.69, 9.17) is 4.74 Å². The topological polar surface area (TPSA) is 29.5 Å². The van der Waals surface area contributed by atoms with Gasteiger partial charge in [0.25, 0.3) is 0 Å². The molecular formula is C17H19BrO2. The number of aliphatic hydroxyl groups is 1. The fourth-order valence-corrected chi connectivity index (χ4v) is 2.83. The first-order valence-electron chi connectivity index (χ1n) is 6.64. The zero-order valence-corrected chi connectivity index (χ0v) is 13.4. The maximum Gasteiger partial charge on any atom is 0.119 e. The number of aliphatic hydroxyl groups excluding tert-OH is 1. The summed E-state index contributed by atoms with van der Waals surface area (Å²) >= 11 is 3.57. The fourth-order valence-electron chi connectivity index (χ4n) is 2.42. The van der Waals surface area contributed by atoms with Crippen molar-refractivity contribution in [3.8, 4) is 5.75 Å². The molecule has 2 rings (SSSR count). The van der Waals surface area contributed by atoms with Gasteiger partial charge in [-0.25, -0.2) is 0 Å². The molecule has 0 heterocycles. The van der Waals surface area contributed by atoms with E-state index in [0.29, 0.717) is 0 Å². The van der Waals surface area contributed by atoms with Gasteiger partial charge in [-0.3, -0.25) is 0 Å². The van der Waals surface area contributed by atoms with Crippen LogP contribution in [0.15, 0.2) is 46.9 Å². The van der Waals surface area contributed by atoms with Gasteiger partial charge in [0.2, 0.25) is 0 Å². The van der Waals surface area contributed by atoms with Gasteiger partial charge in [-0.05, 0) is 48.2 Å². The number of ether oxygens (including phenoxy) is 1. The van der Waals surface area contributed by atoms with Crippen molar-refractivity contribution in [3.63, 3.8) is 0 Å². The lowest BCUT2D eigenvalue weighted by Gasteiger charge is -2.18. The third-order valence-corrected chi connectivity index (χ3v) is 4.34. The Hall–Kier alpha value is -1.32. The number of hydrogen-bond donors (Lipinski definition) is 1. The van der Waals surface area contributed by atoms with E-state index in [9.17, 15) is 5.11 Å². The van der Waals surface area contributed by atoms with Gasteiger partial charge < -0.3 is 9.84 Å². The number of rotatable bonds is 5. The Morgan fingerprint density at radius 1 is 1.20 bits per heavy atom. The van der Waals surface area contributed by atoms with Gasteiger partial charge >= 0.3 is 0 Å². The van der Waals surface area contributed by atoms with E-state index in [1.807, 2.05) is 30.3 Å². The molecule has 2 nitrogen and oxygen atoms in total. The Kier molecular flexibility index (Phi) is 5.21. The molecule has 0 saturated heterocycles. The van der Waals surface area contributed by atoms with Crippen LogP contribution in [0.4, 0.5) is 0 Å². The number of hydrogen-bond acceptors (Lipinski definition) is 2. The minimum atomic E-state index is 0.0969. The molecule has 0 bridgehead atoms. The van der Waals surface area contributed by atoms with Crippen molar-refractivity contribution in [3.05, 3.63) is 63.6 Å². The lowest BCUT2D eigenvalue weighted by atomic mass is 9.90. The van der Waals surface area contributed by atoms with Crippen molar-refractivity contribution >= 4 is 15.9 Å². The quantitative estimate of drug-likeness (QED) is 0.892. The van der Waals surface area contributed by atoms with Gasteiger partial charge in [-0.2, -0.15) is 0 Å². The number of methoxy groups -OCH3 is 1. The van der Waals surface area contributed by atoms with Crippen LogP contribution in [0.3, 0.4) is 0 Å². The van der Waals surface area contributed by atoms with Crippen molar-refractivity contribution in [1.29, 1.82) is 0 Å². The molecule has 1 N–H and O–H groups in total. The summed E-state index contributed by atoms with van der Waals surface area (Å²) in [6.07, 6.45) is 0.777. The highest BCUT2D eigenvalue weighted by molar-refractivity contribution is 9.10. The average Bonchev–Trinajstić information content (AvgIpc) is 2.47. The van der Waals surface area contributed by atoms with Crippen LogP contribution < -0.4 is 4.74 Å². The van der Waals surface area contributed by atoms with E-state index in [0.717, 1.165) is 22.2 Å². The van der Waals surface area contributed by atoms with Gasteiger partial charge in [0.05, 0.1) is 13.7 Å². The zero-order chi connectivity index (χ0) is 14.5. The largest absolute Gasteiger partial charge is 0.497 e. The summed E-state index contributed by atoms with van der Waals surface area (Å²) in [5.74, 6) is 0.935. The van der Waals surface area contributed by atoms with Crippen LogP contribution in [0.25, 0.3) is 0 Å². The molecule has 0 saturated carbocycles. The van der Waals surface area contributed by atoms with E-state index in [1.165, 1.54) is 11.1 Å². The van der Waals surface area contributed by atoms with E-state index in [1.54, 1.807) is 7.11 Å². The second-order valence-electron chi connectivity index (χ2n) is 4.90. The summed E-state index contributed by atoms with van der Waals surface area (Å²) in [5.41, 5.74) is 3.56. The number of benzene rings is 2. The summed E-state index contributed by atoms with van der Waals surface area (Å²) in [6, 6.07) is 14.1. The van der Waals surface area contributed by atoms with E-state index in [-0.39, 0.29) is 12.5 Å². The second kappa shape index (κ2) is 6.91. The molecule has 0 amide bonds. The highest BCUT2D eigenvalue weighted by Crippen LogP contribution is 2.29. The summed E-state index contributed by atoms with van der Waals surface area (Å²) in [4.78, 5) is 0. The molecule has 20 heavy (non-hydrogen) atoms. The molecule has 1 unspecified atom stereocenters. The molecule has 0 aliphatic heterocycles. The third kappa shape index (κ3) is 3.41. The molecule has 1 atom stereocenters.